The molecule has 0 saturated heterocycles. The van der Waals surface area contributed by atoms with Gasteiger partial charge in [-0.1, -0.05) is 17.7 Å². The molecule has 1 amide bonds. The normalized spacial score (nSPS) is 9.91. The number of phenolic OH excluding ortho intramolecular Hbond substituents is 1. The van der Waals surface area contributed by atoms with Crippen molar-refractivity contribution in [2.24, 2.45) is 0 Å². The van der Waals surface area contributed by atoms with E-state index in [0.717, 1.165) is 5.56 Å². The number of methoxy groups -OCH3 is 1. The Hall–Kier alpha value is -2.60. The lowest BCUT2D eigenvalue weighted by molar-refractivity contribution is 0.0977. The number of amides is 1. The summed E-state index contributed by atoms with van der Waals surface area (Å²) >= 11 is 5.08. The number of carbonyl (C=O) groups excluding carboxylic acids is 1. The second-order valence-corrected chi connectivity index (χ2v) is 5.07. The van der Waals surface area contributed by atoms with Crippen molar-refractivity contribution in [3.05, 3.63) is 53.6 Å². The van der Waals surface area contributed by atoms with Gasteiger partial charge in [0.05, 0.1) is 12.8 Å². The molecule has 0 aromatic heterocycles. The molecular formula is C16H16N2O3S. The third kappa shape index (κ3) is 3.95. The molecule has 0 heterocycles. The van der Waals surface area contributed by atoms with Crippen molar-refractivity contribution in [3.63, 3.8) is 0 Å². The molecule has 6 heteroatoms. The van der Waals surface area contributed by atoms with Crippen LogP contribution in [0.2, 0.25) is 0 Å². The van der Waals surface area contributed by atoms with Crippen LogP contribution in [0.1, 0.15) is 15.9 Å². The van der Waals surface area contributed by atoms with Crippen LogP contribution in [-0.4, -0.2) is 23.2 Å². The minimum absolute atomic E-state index is 0.00716. The van der Waals surface area contributed by atoms with Crippen LogP contribution in [0.15, 0.2) is 42.5 Å². The fourth-order valence-electron chi connectivity index (χ4n) is 1.78. The number of thiocarbonyl (C=S) groups is 1. The molecule has 0 radical (unpaired) electrons. The lowest BCUT2D eigenvalue weighted by atomic mass is 10.1. The molecule has 0 saturated carbocycles. The number of benzene rings is 2. The van der Waals surface area contributed by atoms with Crippen molar-refractivity contribution >= 4 is 28.9 Å². The van der Waals surface area contributed by atoms with Crippen molar-refractivity contribution < 1.29 is 14.6 Å². The van der Waals surface area contributed by atoms with E-state index in [9.17, 15) is 9.90 Å². The molecule has 2 rings (SSSR count). The van der Waals surface area contributed by atoms with Gasteiger partial charge in [0.2, 0.25) is 0 Å². The van der Waals surface area contributed by atoms with Gasteiger partial charge in [-0.25, -0.2) is 0 Å². The summed E-state index contributed by atoms with van der Waals surface area (Å²) in [5.41, 5.74) is 1.93. The average molecular weight is 316 g/mol. The Morgan fingerprint density at radius 3 is 2.50 bits per heavy atom. The fourth-order valence-corrected chi connectivity index (χ4v) is 1.98. The molecule has 0 aliphatic rings. The molecule has 2 aromatic carbocycles. The zero-order valence-electron chi connectivity index (χ0n) is 12.2. The summed E-state index contributed by atoms with van der Waals surface area (Å²) in [6, 6.07) is 11.8. The second kappa shape index (κ2) is 6.91. The number of anilines is 1. The number of aryl methyl sites for hydroxylation is 1. The van der Waals surface area contributed by atoms with E-state index in [0.29, 0.717) is 17.0 Å². The molecule has 22 heavy (non-hydrogen) atoms. The molecule has 0 aliphatic heterocycles. The number of ether oxygens (including phenoxy) is 1. The maximum atomic E-state index is 12.0. The highest BCUT2D eigenvalue weighted by molar-refractivity contribution is 7.80. The van der Waals surface area contributed by atoms with Crippen LogP contribution in [0.3, 0.4) is 0 Å². The third-order valence-corrected chi connectivity index (χ3v) is 3.20. The highest BCUT2D eigenvalue weighted by Gasteiger charge is 2.10. The summed E-state index contributed by atoms with van der Waals surface area (Å²) in [5.74, 6) is 0.251. The number of hydrogen-bond acceptors (Lipinski definition) is 4. The first-order valence-electron chi connectivity index (χ1n) is 6.55. The van der Waals surface area contributed by atoms with Gasteiger partial charge in [-0.3, -0.25) is 10.1 Å². The molecule has 0 fully saturated rings. The number of rotatable bonds is 3. The van der Waals surface area contributed by atoms with Gasteiger partial charge in [-0.2, -0.15) is 0 Å². The van der Waals surface area contributed by atoms with Gasteiger partial charge in [0.1, 0.15) is 11.5 Å². The second-order valence-electron chi connectivity index (χ2n) is 4.66. The van der Waals surface area contributed by atoms with E-state index in [1.807, 2.05) is 19.1 Å². The number of carbonyl (C=O) groups is 1. The van der Waals surface area contributed by atoms with Gasteiger partial charge >= 0.3 is 0 Å². The lowest BCUT2D eigenvalue weighted by Crippen LogP contribution is -2.34. The van der Waals surface area contributed by atoms with Crippen molar-refractivity contribution in [3.8, 4) is 11.5 Å². The zero-order valence-corrected chi connectivity index (χ0v) is 13.0. The lowest BCUT2D eigenvalue weighted by Gasteiger charge is -2.12. The first-order valence-corrected chi connectivity index (χ1v) is 6.96. The topological polar surface area (TPSA) is 70.6 Å². The number of hydrogen-bond donors (Lipinski definition) is 3. The Balaban J connectivity index is 2.04. The number of phenols is 1. The summed E-state index contributed by atoms with van der Waals surface area (Å²) < 4.78 is 5.07. The van der Waals surface area contributed by atoms with Gasteiger partial charge < -0.3 is 15.2 Å². The van der Waals surface area contributed by atoms with E-state index in [1.165, 1.54) is 13.2 Å². The predicted octanol–water partition coefficient (Wildman–Crippen LogP) is 2.84. The van der Waals surface area contributed by atoms with Crippen LogP contribution in [0.25, 0.3) is 0 Å². The predicted molar refractivity (Wildman–Crippen MR) is 89.5 cm³/mol. The summed E-state index contributed by atoms with van der Waals surface area (Å²) in [6.45, 7) is 1.94. The summed E-state index contributed by atoms with van der Waals surface area (Å²) in [7, 11) is 1.52. The molecular weight excluding hydrogens is 300 g/mol. The van der Waals surface area contributed by atoms with E-state index in [2.05, 4.69) is 10.6 Å². The third-order valence-electron chi connectivity index (χ3n) is 2.99. The van der Waals surface area contributed by atoms with Crippen molar-refractivity contribution in [1.29, 1.82) is 0 Å². The van der Waals surface area contributed by atoms with Crippen LogP contribution >= 0.6 is 12.2 Å². The van der Waals surface area contributed by atoms with Crippen LogP contribution in [0.5, 0.6) is 11.5 Å². The van der Waals surface area contributed by atoms with Crippen LogP contribution in [0, 0.1) is 6.92 Å². The summed E-state index contributed by atoms with van der Waals surface area (Å²) in [4.78, 5) is 12.0. The van der Waals surface area contributed by atoms with Gasteiger partial charge in [0, 0.05) is 11.6 Å². The van der Waals surface area contributed by atoms with Gasteiger partial charge in [-0.05, 0) is 43.4 Å². The fraction of sp³-hybridized carbons (Fsp3) is 0.125. The highest BCUT2D eigenvalue weighted by Crippen LogP contribution is 2.27. The largest absolute Gasteiger partial charge is 0.506 e. The first-order chi connectivity index (χ1) is 10.5. The molecule has 0 bridgehead atoms. The van der Waals surface area contributed by atoms with E-state index < -0.39 is 0 Å². The standard InChI is InChI=1S/C16H16N2O3S/c1-10-3-5-11(6-4-10)15(20)18-16(22)17-13-9-12(21-2)7-8-14(13)19/h3-9,19H,1-2H3,(H2,17,18,20,22). The van der Waals surface area contributed by atoms with Crippen molar-refractivity contribution in [2.45, 2.75) is 6.92 Å². The Bertz CT molecular complexity index is 699. The number of aromatic hydroxyl groups is 1. The summed E-state index contributed by atoms with van der Waals surface area (Å²) in [6.07, 6.45) is 0. The van der Waals surface area contributed by atoms with Crippen LogP contribution < -0.4 is 15.4 Å². The zero-order chi connectivity index (χ0) is 16.1. The minimum atomic E-state index is -0.320. The van der Waals surface area contributed by atoms with E-state index in [4.69, 9.17) is 17.0 Å². The first kappa shape index (κ1) is 15.8. The maximum absolute atomic E-state index is 12.0. The van der Waals surface area contributed by atoms with Crippen LogP contribution in [0.4, 0.5) is 5.69 Å². The smallest absolute Gasteiger partial charge is 0.257 e. The average Bonchev–Trinajstić information content (AvgIpc) is 2.50. The van der Waals surface area contributed by atoms with Crippen molar-refractivity contribution in [1.82, 2.24) is 5.32 Å². The highest BCUT2D eigenvalue weighted by atomic mass is 32.1. The van der Waals surface area contributed by atoms with Crippen LogP contribution in [-0.2, 0) is 0 Å². The monoisotopic (exact) mass is 316 g/mol. The number of nitrogens with one attached hydrogen (secondary N) is 2. The Labute approximate surface area is 133 Å². The Morgan fingerprint density at radius 2 is 1.86 bits per heavy atom. The van der Waals surface area contributed by atoms with Gasteiger partial charge in [0.15, 0.2) is 5.11 Å². The molecule has 2 aromatic rings. The minimum Gasteiger partial charge on any atom is -0.506 e. The van der Waals surface area contributed by atoms with Crippen molar-refractivity contribution in [2.75, 3.05) is 12.4 Å². The molecule has 0 spiro atoms. The Kier molecular flexibility index (Phi) is 4.95. The molecule has 3 N–H and O–H groups in total. The van der Waals surface area contributed by atoms with E-state index in [-0.39, 0.29) is 16.8 Å². The maximum Gasteiger partial charge on any atom is 0.257 e. The van der Waals surface area contributed by atoms with Gasteiger partial charge in [0.25, 0.3) is 5.91 Å². The molecule has 0 unspecified atom stereocenters. The van der Waals surface area contributed by atoms with E-state index in [1.54, 1.807) is 24.3 Å². The van der Waals surface area contributed by atoms with Gasteiger partial charge in [-0.15, -0.1) is 0 Å². The Morgan fingerprint density at radius 1 is 1.18 bits per heavy atom. The SMILES string of the molecule is COc1ccc(O)c(NC(=S)NC(=O)c2ccc(C)cc2)c1. The molecule has 5 nitrogen and oxygen atoms in total. The molecule has 114 valence electrons. The summed E-state index contributed by atoms with van der Waals surface area (Å²) in [5, 5.41) is 15.2. The molecule has 0 atom stereocenters. The molecule has 0 aliphatic carbocycles. The quantitative estimate of drug-likeness (QED) is 0.600. The van der Waals surface area contributed by atoms with E-state index >= 15 is 0 Å².